The van der Waals surface area contributed by atoms with Gasteiger partial charge in [-0.2, -0.15) is 0 Å². The fourth-order valence-electron chi connectivity index (χ4n) is 2.14. The van der Waals surface area contributed by atoms with Crippen molar-refractivity contribution in [3.8, 4) is 17.6 Å². The summed E-state index contributed by atoms with van der Waals surface area (Å²) in [6.07, 6.45) is 3.93. The Kier molecular flexibility index (Phi) is 6.48. The van der Waals surface area contributed by atoms with Crippen LogP contribution in [0.3, 0.4) is 0 Å². The van der Waals surface area contributed by atoms with Crippen molar-refractivity contribution >= 4 is 0 Å². The van der Waals surface area contributed by atoms with Gasteiger partial charge in [0.1, 0.15) is 18.5 Å². The summed E-state index contributed by atoms with van der Waals surface area (Å²) in [5, 5.41) is 8.71. The van der Waals surface area contributed by atoms with Gasteiger partial charge < -0.3 is 14.6 Å². The normalized spacial score (nSPS) is 18.9. The first-order chi connectivity index (χ1) is 10.3. The van der Waals surface area contributed by atoms with Gasteiger partial charge in [0.2, 0.25) is 0 Å². The van der Waals surface area contributed by atoms with Gasteiger partial charge in [-0.15, -0.1) is 0 Å². The van der Waals surface area contributed by atoms with E-state index in [0.29, 0.717) is 18.8 Å². The molecule has 2 rings (SSSR count). The third-order valence-corrected chi connectivity index (χ3v) is 3.29. The fourth-order valence-corrected chi connectivity index (χ4v) is 2.14. The van der Waals surface area contributed by atoms with Gasteiger partial charge in [-0.05, 0) is 12.6 Å². The van der Waals surface area contributed by atoms with Crippen LogP contribution in [0.2, 0.25) is 0 Å². The van der Waals surface area contributed by atoms with E-state index in [9.17, 15) is 0 Å². The topological polar surface area (TPSA) is 54.8 Å². The van der Waals surface area contributed by atoms with Crippen molar-refractivity contribution in [2.45, 2.75) is 19.4 Å². The van der Waals surface area contributed by atoms with E-state index >= 15 is 0 Å². The van der Waals surface area contributed by atoms with E-state index in [2.05, 4.69) is 28.6 Å². The summed E-state index contributed by atoms with van der Waals surface area (Å²) >= 11 is 0. The molecule has 114 valence electrons. The monoisotopic (exact) mass is 290 g/mol. The van der Waals surface area contributed by atoms with Crippen LogP contribution in [-0.4, -0.2) is 60.5 Å². The zero-order valence-corrected chi connectivity index (χ0v) is 12.4. The number of pyridine rings is 1. The van der Waals surface area contributed by atoms with Crippen LogP contribution >= 0.6 is 0 Å². The number of likely N-dealkylation sites (N-methyl/N-ethyl adjacent to an activating group) is 1. The van der Waals surface area contributed by atoms with Crippen LogP contribution in [-0.2, 0) is 4.74 Å². The number of aliphatic hydroxyl groups excluding tert-OH is 1. The molecule has 0 radical (unpaired) electrons. The van der Waals surface area contributed by atoms with E-state index in [0.717, 1.165) is 31.8 Å². The van der Waals surface area contributed by atoms with E-state index < -0.39 is 0 Å². The molecule has 0 aliphatic carbocycles. The largest absolute Gasteiger partial charge is 0.489 e. The van der Waals surface area contributed by atoms with E-state index in [4.69, 9.17) is 14.6 Å². The molecular weight excluding hydrogens is 268 g/mol. The second-order valence-electron chi connectivity index (χ2n) is 4.88. The average Bonchev–Trinajstić information content (AvgIpc) is 2.54. The lowest BCUT2D eigenvalue weighted by atomic mass is 10.2. The second kappa shape index (κ2) is 8.63. The molecule has 1 atom stereocenters. The van der Waals surface area contributed by atoms with Crippen LogP contribution in [0.4, 0.5) is 0 Å². The van der Waals surface area contributed by atoms with E-state index in [1.165, 1.54) is 0 Å². The van der Waals surface area contributed by atoms with E-state index in [-0.39, 0.29) is 12.7 Å². The molecular formula is C16H22N2O3. The summed E-state index contributed by atoms with van der Waals surface area (Å²) in [7, 11) is 0. The van der Waals surface area contributed by atoms with Crippen molar-refractivity contribution in [2.75, 3.05) is 39.5 Å². The number of rotatable bonds is 5. The lowest BCUT2D eigenvalue weighted by Crippen LogP contribution is -2.44. The molecule has 5 nitrogen and oxygen atoms in total. The van der Waals surface area contributed by atoms with Gasteiger partial charge in [0.05, 0.1) is 19.4 Å². The Bertz CT molecular complexity index is 496. The molecule has 1 aromatic heterocycles. The van der Waals surface area contributed by atoms with Crippen LogP contribution in [0.15, 0.2) is 18.5 Å². The molecule has 1 fully saturated rings. The molecule has 1 unspecified atom stereocenters. The SMILES string of the molecule is CCN1CCOC(COc2cncc(C#CCCO)c2)C1. The van der Waals surface area contributed by atoms with Crippen molar-refractivity contribution in [1.29, 1.82) is 0 Å². The second-order valence-corrected chi connectivity index (χ2v) is 4.88. The molecule has 0 amide bonds. The smallest absolute Gasteiger partial charge is 0.138 e. The lowest BCUT2D eigenvalue weighted by Gasteiger charge is -2.31. The quantitative estimate of drug-likeness (QED) is 0.817. The highest BCUT2D eigenvalue weighted by Gasteiger charge is 2.19. The molecule has 1 aromatic rings. The van der Waals surface area contributed by atoms with Crippen LogP contribution in [0.5, 0.6) is 5.75 Å². The maximum atomic E-state index is 8.71. The maximum Gasteiger partial charge on any atom is 0.138 e. The lowest BCUT2D eigenvalue weighted by molar-refractivity contribution is -0.0464. The molecule has 1 aliphatic heterocycles. The van der Waals surface area contributed by atoms with Crippen LogP contribution in [0.25, 0.3) is 0 Å². The fraction of sp³-hybridized carbons (Fsp3) is 0.562. The molecule has 1 aliphatic rings. The zero-order chi connectivity index (χ0) is 14.9. The van der Waals surface area contributed by atoms with Gasteiger partial charge in [0.25, 0.3) is 0 Å². The van der Waals surface area contributed by atoms with Crippen LogP contribution in [0.1, 0.15) is 18.9 Å². The van der Waals surface area contributed by atoms with Gasteiger partial charge in [-0.3, -0.25) is 9.88 Å². The highest BCUT2D eigenvalue weighted by atomic mass is 16.5. The summed E-state index contributed by atoms with van der Waals surface area (Å²) in [5.74, 6) is 6.52. The number of aromatic nitrogens is 1. The van der Waals surface area contributed by atoms with E-state index in [1.807, 2.05) is 6.07 Å². The number of morpholine rings is 1. The molecule has 21 heavy (non-hydrogen) atoms. The molecule has 2 heterocycles. The minimum Gasteiger partial charge on any atom is -0.489 e. The van der Waals surface area contributed by atoms with Gasteiger partial charge in [0, 0.05) is 31.3 Å². The molecule has 1 N–H and O–H groups in total. The van der Waals surface area contributed by atoms with Crippen molar-refractivity contribution in [3.63, 3.8) is 0 Å². The van der Waals surface area contributed by atoms with Crippen LogP contribution in [0, 0.1) is 11.8 Å². The Hall–Kier alpha value is -1.61. The van der Waals surface area contributed by atoms with Crippen molar-refractivity contribution in [1.82, 2.24) is 9.88 Å². The first-order valence-corrected chi connectivity index (χ1v) is 7.33. The summed E-state index contributed by atoms with van der Waals surface area (Å²) < 4.78 is 11.5. The molecule has 0 spiro atoms. The molecule has 0 bridgehead atoms. The minimum absolute atomic E-state index is 0.0730. The number of aliphatic hydroxyl groups is 1. The minimum atomic E-state index is 0.0730. The summed E-state index contributed by atoms with van der Waals surface area (Å²) in [6, 6.07) is 1.86. The summed E-state index contributed by atoms with van der Waals surface area (Å²) in [4.78, 5) is 6.47. The standard InChI is InChI=1S/C16H22N2O3/c1-2-18-6-8-20-16(12-18)13-21-15-9-14(10-17-11-15)5-3-4-7-19/h9-11,16,19H,2,4,6-8,12-13H2,1H3. The Morgan fingerprint density at radius 1 is 1.52 bits per heavy atom. The first kappa shape index (κ1) is 15.8. The highest BCUT2D eigenvalue weighted by molar-refractivity contribution is 5.36. The zero-order valence-electron chi connectivity index (χ0n) is 12.4. The van der Waals surface area contributed by atoms with Crippen LogP contribution < -0.4 is 4.74 Å². The van der Waals surface area contributed by atoms with Crippen molar-refractivity contribution < 1.29 is 14.6 Å². The maximum absolute atomic E-state index is 8.71. The highest BCUT2D eigenvalue weighted by Crippen LogP contribution is 2.13. The van der Waals surface area contributed by atoms with Gasteiger partial charge in [-0.1, -0.05) is 18.8 Å². The summed E-state index contributed by atoms with van der Waals surface area (Å²) in [6.45, 7) is 6.44. The predicted octanol–water partition coefficient (Wildman–Crippen LogP) is 0.915. The predicted molar refractivity (Wildman–Crippen MR) is 80.2 cm³/mol. The van der Waals surface area contributed by atoms with Crippen molar-refractivity contribution in [2.24, 2.45) is 0 Å². The van der Waals surface area contributed by atoms with E-state index in [1.54, 1.807) is 12.4 Å². The molecule has 5 heteroatoms. The van der Waals surface area contributed by atoms with Gasteiger partial charge >= 0.3 is 0 Å². The third-order valence-electron chi connectivity index (χ3n) is 3.29. The Morgan fingerprint density at radius 3 is 3.24 bits per heavy atom. The molecule has 0 saturated carbocycles. The number of nitrogens with zero attached hydrogens (tertiary/aromatic N) is 2. The number of ether oxygens (including phenoxy) is 2. The number of hydrogen-bond donors (Lipinski definition) is 1. The third kappa shape index (κ3) is 5.35. The van der Waals surface area contributed by atoms with Crippen molar-refractivity contribution in [3.05, 3.63) is 24.0 Å². The first-order valence-electron chi connectivity index (χ1n) is 7.33. The summed E-state index contributed by atoms with van der Waals surface area (Å²) in [5.41, 5.74) is 0.792. The Labute approximate surface area is 125 Å². The Balaban J connectivity index is 1.85. The Morgan fingerprint density at radius 2 is 2.43 bits per heavy atom. The molecule has 0 aromatic carbocycles. The van der Waals surface area contributed by atoms with Gasteiger partial charge in [-0.25, -0.2) is 0 Å². The molecule has 1 saturated heterocycles. The average molecular weight is 290 g/mol. The van der Waals surface area contributed by atoms with Gasteiger partial charge in [0.15, 0.2) is 0 Å². The number of hydrogen-bond acceptors (Lipinski definition) is 5.